The van der Waals surface area contributed by atoms with Crippen LogP contribution in [0.1, 0.15) is 6.92 Å². The molecule has 1 aromatic rings. The second-order valence-electron chi connectivity index (χ2n) is 3.39. The number of amides is 1. The number of alkyl halides is 1. The summed E-state index contributed by atoms with van der Waals surface area (Å²) >= 11 is 11.5. The van der Waals surface area contributed by atoms with E-state index in [0.717, 1.165) is 0 Å². The molecular weight excluding hydrogens is 249 g/mol. The van der Waals surface area contributed by atoms with Crippen molar-refractivity contribution in [2.45, 2.75) is 6.92 Å². The van der Waals surface area contributed by atoms with E-state index in [1.807, 2.05) is 0 Å². The van der Waals surface area contributed by atoms with E-state index in [1.54, 1.807) is 25.1 Å². The Kier molecular flexibility index (Phi) is 4.90. The molecule has 0 aliphatic rings. The first-order valence-corrected chi connectivity index (χ1v) is 5.70. The van der Waals surface area contributed by atoms with Gasteiger partial charge in [0.25, 0.3) is 0 Å². The highest BCUT2D eigenvalue weighted by atomic mass is 35.5. The topological polar surface area (TPSA) is 38.3 Å². The molecular formula is C11H13Cl2NO2. The molecule has 0 saturated heterocycles. The SMILES string of the molecule is COc1cc(NC(=O)C(C)CCl)ccc1Cl. The molecule has 5 heteroatoms. The number of ether oxygens (including phenoxy) is 1. The molecule has 0 radical (unpaired) electrons. The van der Waals surface area contributed by atoms with E-state index in [-0.39, 0.29) is 17.7 Å². The van der Waals surface area contributed by atoms with Crippen LogP contribution in [0, 0.1) is 5.92 Å². The maximum Gasteiger partial charge on any atom is 0.228 e. The second kappa shape index (κ2) is 5.97. The fourth-order valence-corrected chi connectivity index (χ4v) is 1.41. The lowest BCUT2D eigenvalue weighted by Gasteiger charge is -2.10. The summed E-state index contributed by atoms with van der Waals surface area (Å²) in [4.78, 5) is 11.6. The molecule has 88 valence electrons. The molecule has 3 nitrogen and oxygen atoms in total. The zero-order chi connectivity index (χ0) is 12.1. The smallest absolute Gasteiger partial charge is 0.228 e. The highest BCUT2D eigenvalue weighted by molar-refractivity contribution is 6.32. The maximum absolute atomic E-state index is 11.6. The lowest BCUT2D eigenvalue weighted by Crippen LogP contribution is -2.21. The first-order valence-electron chi connectivity index (χ1n) is 4.79. The van der Waals surface area contributed by atoms with Crippen molar-refractivity contribution in [1.29, 1.82) is 0 Å². The third kappa shape index (κ3) is 3.29. The Morgan fingerprint density at radius 2 is 2.25 bits per heavy atom. The summed E-state index contributed by atoms with van der Waals surface area (Å²) in [6, 6.07) is 5.05. The second-order valence-corrected chi connectivity index (χ2v) is 4.11. The van der Waals surface area contributed by atoms with Gasteiger partial charge in [-0.3, -0.25) is 4.79 Å². The highest BCUT2D eigenvalue weighted by Gasteiger charge is 2.12. The minimum atomic E-state index is -0.233. The molecule has 0 aliphatic heterocycles. The predicted octanol–water partition coefficient (Wildman–Crippen LogP) is 3.16. The number of halogens is 2. The average Bonchev–Trinajstić information content (AvgIpc) is 2.30. The van der Waals surface area contributed by atoms with Gasteiger partial charge in [-0.05, 0) is 12.1 Å². The molecule has 0 aliphatic carbocycles. The van der Waals surface area contributed by atoms with Crippen LogP contribution in [0.5, 0.6) is 5.75 Å². The van der Waals surface area contributed by atoms with Gasteiger partial charge in [0.2, 0.25) is 5.91 Å². The normalized spacial score (nSPS) is 12.0. The van der Waals surface area contributed by atoms with E-state index < -0.39 is 0 Å². The summed E-state index contributed by atoms with van der Waals surface area (Å²) in [5.74, 6) is 0.456. The monoisotopic (exact) mass is 261 g/mol. The first-order chi connectivity index (χ1) is 7.58. The molecule has 1 unspecified atom stereocenters. The number of hydrogen-bond acceptors (Lipinski definition) is 2. The molecule has 16 heavy (non-hydrogen) atoms. The Balaban J connectivity index is 2.78. The van der Waals surface area contributed by atoms with Gasteiger partial charge in [0.15, 0.2) is 0 Å². The van der Waals surface area contributed by atoms with Crippen molar-refractivity contribution >= 4 is 34.8 Å². The van der Waals surface area contributed by atoms with Gasteiger partial charge in [-0.1, -0.05) is 18.5 Å². The third-order valence-electron chi connectivity index (χ3n) is 2.10. The quantitative estimate of drug-likeness (QED) is 0.846. The lowest BCUT2D eigenvalue weighted by molar-refractivity contribution is -0.118. The molecule has 0 bridgehead atoms. The summed E-state index contributed by atoms with van der Waals surface area (Å²) in [7, 11) is 1.52. The molecule has 1 amide bonds. The largest absolute Gasteiger partial charge is 0.495 e. The van der Waals surface area contributed by atoms with Crippen LogP contribution in [0.3, 0.4) is 0 Å². The van der Waals surface area contributed by atoms with Gasteiger partial charge in [-0.25, -0.2) is 0 Å². The minimum Gasteiger partial charge on any atom is -0.495 e. The number of rotatable bonds is 4. The molecule has 1 atom stereocenters. The molecule has 1 aromatic carbocycles. The van der Waals surface area contributed by atoms with Crippen LogP contribution in [-0.4, -0.2) is 18.9 Å². The Bertz CT molecular complexity index is 382. The fraction of sp³-hybridized carbons (Fsp3) is 0.364. The van der Waals surface area contributed by atoms with Gasteiger partial charge in [0.05, 0.1) is 12.1 Å². The van der Waals surface area contributed by atoms with Crippen molar-refractivity contribution in [1.82, 2.24) is 0 Å². The van der Waals surface area contributed by atoms with Crippen molar-refractivity contribution in [3.8, 4) is 5.75 Å². The van der Waals surface area contributed by atoms with Crippen molar-refractivity contribution in [3.05, 3.63) is 23.2 Å². The summed E-state index contributed by atoms with van der Waals surface area (Å²) < 4.78 is 5.04. The third-order valence-corrected chi connectivity index (χ3v) is 2.87. The highest BCUT2D eigenvalue weighted by Crippen LogP contribution is 2.27. The molecule has 0 heterocycles. The number of benzene rings is 1. The van der Waals surface area contributed by atoms with Gasteiger partial charge in [-0.15, -0.1) is 11.6 Å². The zero-order valence-electron chi connectivity index (χ0n) is 9.09. The number of methoxy groups -OCH3 is 1. The van der Waals surface area contributed by atoms with Crippen LogP contribution in [0.15, 0.2) is 18.2 Å². The van der Waals surface area contributed by atoms with Crippen LogP contribution in [0.25, 0.3) is 0 Å². The molecule has 0 saturated carbocycles. The van der Waals surface area contributed by atoms with Crippen molar-refractivity contribution in [2.24, 2.45) is 5.92 Å². The Morgan fingerprint density at radius 3 is 2.81 bits per heavy atom. The Hall–Kier alpha value is -0.930. The Labute approximate surface area is 105 Å². The molecule has 0 aromatic heterocycles. The first kappa shape index (κ1) is 13.1. The number of anilines is 1. The van der Waals surface area contributed by atoms with Gasteiger partial charge in [0, 0.05) is 23.6 Å². The number of carbonyl (C=O) groups excluding carboxylic acids is 1. The maximum atomic E-state index is 11.6. The van der Waals surface area contributed by atoms with Crippen molar-refractivity contribution in [3.63, 3.8) is 0 Å². The van der Waals surface area contributed by atoms with E-state index in [1.165, 1.54) is 7.11 Å². The van der Waals surface area contributed by atoms with Crippen LogP contribution >= 0.6 is 23.2 Å². The summed E-state index contributed by atoms with van der Waals surface area (Å²) in [5.41, 5.74) is 0.642. The van der Waals surface area contributed by atoms with Gasteiger partial charge < -0.3 is 10.1 Å². The molecule has 1 N–H and O–H groups in total. The van der Waals surface area contributed by atoms with Crippen LogP contribution in [0.4, 0.5) is 5.69 Å². The number of carbonyl (C=O) groups is 1. The lowest BCUT2D eigenvalue weighted by atomic mass is 10.2. The average molecular weight is 262 g/mol. The molecule has 0 fully saturated rings. The van der Waals surface area contributed by atoms with Crippen molar-refractivity contribution in [2.75, 3.05) is 18.3 Å². The van der Waals surface area contributed by atoms with E-state index in [9.17, 15) is 4.79 Å². The zero-order valence-corrected chi connectivity index (χ0v) is 10.6. The minimum absolute atomic E-state index is 0.126. The predicted molar refractivity (Wildman–Crippen MR) is 66.5 cm³/mol. The molecule has 1 rings (SSSR count). The van der Waals surface area contributed by atoms with Gasteiger partial charge in [-0.2, -0.15) is 0 Å². The summed E-state index contributed by atoms with van der Waals surface area (Å²) in [5, 5.41) is 3.24. The fourth-order valence-electron chi connectivity index (χ4n) is 1.07. The number of nitrogens with one attached hydrogen (secondary N) is 1. The van der Waals surface area contributed by atoms with Gasteiger partial charge in [0.1, 0.15) is 5.75 Å². The standard InChI is InChI=1S/C11H13Cl2NO2/c1-7(6-12)11(15)14-8-3-4-9(13)10(5-8)16-2/h3-5,7H,6H2,1-2H3,(H,14,15). The molecule has 0 spiro atoms. The van der Waals surface area contributed by atoms with Crippen LogP contribution in [-0.2, 0) is 4.79 Å². The van der Waals surface area contributed by atoms with E-state index in [4.69, 9.17) is 27.9 Å². The van der Waals surface area contributed by atoms with Crippen LogP contribution in [0.2, 0.25) is 5.02 Å². The van der Waals surface area contributed by atoms with E-state index in [0.29, 0.717) is 16.5 Å². The summed E-state index contributed by atoms with van der Waals surface area (Å²) in [6.45, 7) is 1.76. The van der Waals surface area contributed by atoms with E-state index >= 15 is 0 Å². The Morgan fingerprint density at radius 1 is 1.56 bits per heavy atom. The van der Waals surface area contributed by atoms with Crippen molar-refractivity contribution < 1.29 is 9.53 Å². The van der Waals surface area contributed by atoms with Gasteiger partial charge >= 0.3 is 0 Å². The summed E-state index contributed by atoms with van der Waals surface area (Å²) in [6.07, 6.45) is 0. The van der Waals surface area contributed by atoms with E-state index in [2.05, 4.69) is 5.32 Å². The van der Waals surface area contributed by atoms with Crippen LogP contribution < -0.4 is 10.1 Å². The number of hydrogen-bond donors (Lipinski definition) is 1.